The number of anilines is 1. The Morgan fingerprint density at radius 2 is 1.94 bits per heavy atom. The summed E-state index contributed by atoms with van der Waals surface area (Å²) in [5, 5.41) is 24.4. The fourth-order valence-corrected chi connectivity index (χ4v) is 4.37. The lowest BCUT2D eigenvalue weighted by Crippen LogP contribution is -2.28. The summed E-state index contributed by atoms with van der Waals surface area (Å²) < 4.78 is 6.91. The number of rotatable bonds is 12. The highest BCUT2D eigenvalue weighted by Gasteiger charge is 2.44. The molecule has 1 aliphatic rings. The third-order valence-corrected chi connectivity index (χ3v) is 6.14. The van der Waals surface area contributed by atoms with Crippen LogP contribution >= 0.6 is 12.0 Å². The molecule has 0 atom stereocenters. The maximum Gasteiger partial charge on any atom is 0.303 e. The lowest BCUT2D eigenvalue weighted by atomic mass is 9.81. The minimum atomic E-state index is -0.751. The molecule has 0 radical (unpaired) electrons. The maximum absolute atomic E-state index is 10.8. The molecule has 0 amide bonds. The fraction of sp³-hybridized carbons (Fsp3) is 0.333. The predicted octanol–water partition coefficient (Wildman–Crippen LogP) is 5.76. The van der Waals surface area contributed by atoms with Gasteiger partial charge in [0.15, 0.2) is 5.71 Å². The number of benzene rings is 2. The van der Waals surface area contributed by atoms with Gasteiger partial charge in [-0.05, 0) is 51.0 Å². The Balaban J connectivity index is 1.84. The molecular formula is C24H29N2O5S+. The van der Waals surface area contributed by atoms with Gasteiger partial charge in [-0.3, -0.25) is 4.79 Å². The minimum Gasteiger partial charge on any atom is -0.481 e. The Morgan fingerprint density at radius 3 is 2.66 bits per heavy atom. The second-order valence-electron chi connectivity index (χ2n) is 8.11. The monoisotopic (exact) mass is 457 g/mol. The van der Waals surface area contributed by atoms with E-state index in [2.05, 4.69) is 39.2 Å². The number of carbonyl (C=O) groups is 1. The van der Waals surface area contributed by atoms with Crippen molar-refractivity contribution in [2.75, 3.05) is 11.9 Å². The van der Waals surface area contributed by atoms with Crippen molar-refractivity contribution in [2.24, 2.45) is 0 Å². The summed E-state index contributed by atoms with van der Waals surface area (Å²) in [4.78, 5) is 11.6. The van der Waals surface area contributed by atoms with Crippen molar-refractivity contribution >= 4 is 35.1 Å². The number of hydrogen-bond acceptors (Lipinski definition) is 6. The van der Waals surface area contributed by atoms with Gasteiger partial charge in [-0.25, -0.2) is 5.26 Å². The van der Waals surface area contributed by atoms with Crippen LogP contribution in [0.25, 0.3) is 0 Å². The molecule has 2 aromatic carbocycles. The van der Waals surface area contributed by atoms with Gasteiger partial charge in [0.1, 0.15) is 6.54 Å². The van der Waals surface area contributed by atoms with Gasteiger partial charge in [0.25, 0.3) is 0 Å². The quantitative estimate of drug-likeness (QED) is 0.123. The maximum atomic E-state index is 10.8. The number of carboxylic acids is 1. The molecule has 7 nitrogen and oxygen atoms in total. The molecule has 3 rings (SSSR count). The zero-order valence-corrected chi connectivity index (χ0v) is 19.1. The van der Waals surface area contributed by atoms with Gasteiger partial charge in [-0.1, -0.05) is 23.2 Å². The van der Waals surface area contributed by atoms with Crippen LogP contribution in [0.1, 0.15) is 45.1 Å². The molecular weight excluding hydrogens is 428 g/mol. The first-order valence-electron chi connectivity index (χ1n) is 10.6. The van der Waals surface area contributed by atoms with Crippen molar-refractivity contribution in [3.8, 4) is 0 Å². The molecule has 3 N–H and O–H groups in total. The molecule has 0 fully saturated rings. The van der Waals surface area contributed by atoms with Crippen LogP contribution in [0.3, 0.4) is 0 Å². The zero-order valence-electron chi connectivity index (χ0n) is 18.3. The summed E-state index contributed by atoms with van der Waals surface area (Å²) in [6.45, 7) is 5.15. The number of nitrogens with zero attached hydrogens (tertiary/aromatic N) is 1. The summed E-state index contributed by atoms with van der Waals surface area (Å²) in [6.07, 6.45) is 6.68. The molecule has 0 saturated heterocycles. The van der Waals surface area contributed by atoms with Crippen LogP contribution in [0.5, 0.6) is 0 Å². The first kappa shape index (κ1) is 24.0. The van der Waals surface area contributed by atoms with E-state index in [0.29, 0.717) is 6.42 Å². The van der Waals surface area contributed by atoms with Crippen LogP contribution in [0.15, 0.2) is 65.7 Å². The van der Waals surface area contributed by atoms with Crippen LogP contribution in [0.4, 0.5) is 11.4 Å². The molecule has 32 heavy (non-hydrogen) atoms. The highest BCUT2D eigenvalue weighted by molar-refractivity contribution is 7.94. The van der Waals surface area contributed by atoms with Crippen LogP contribution in [-0.4, -0.2) is 33.2 Å². The van der Waals surface area contributed by atoms with E-state index in [-0.39, 0.29) is 11.8 Å². The summed E-state index contributed by atoms with van der Waals surface area (Å²) in [7, 11) is 0. The Hall–Kier alpha value is -2.65. The highest BCUT2D eigenvalue weighted by Crippen LogP contribution is 2.42. The van der Waals surface area contributed by atoms with Crippen LogP contribution in [-0.2, 0) is 19.6 Å². The second-order valence-corrected chi connectivity index (χ2v) is 8.89. The number of hydrogen-bond donors (Lipinski definition) is 3. The lowest BCUT2D eigenvalue weighted by molar-refractivity contribution is -0.438. The van der Waals surface area contributed by atoms with E-state index in [1.165, 1.54) is 0 Å². The van der Waals surface area contributed by atoms with Gasteiger partial charge in [-0.2, -0.15) is 4.58 Å². The first-order valence-corrected chi connectivity index (χ1v) is 11.3. The van der Waals surface area contributed by atoms with Gasteiger partial charge >= 0.3 is 5.97 Å². The SMILES string of the molecule is CC1(C)C(/C=C/Nc2ccccc2)=[N+](CCCCCC(=O)O)c2ccc(SOOO)cc21. The molecule has 1 aliphatic heterocycles. The summed E-state index contributed by atoms with van der Waals surface area (Å²) in [6, 6.07) is 16.0. The van der Waals surface area contributed by atoms with Crippen molar-refractivity contribution in [3.63, 3.8) is 0 Å². The third kappa shape index (κ3) is 5.98. The normalized spacial score (nSPS) is 14.7. The van der Waals surface area contributed by atoms with Gasteiger partial charge in [0.2, 0.25) is 5.69 Å². The number of nitrogens with one attached hydrogen (secondary N) is 1. The fourth-order valence-electron chi connectivity index (χ4n) is 3.98. The van der Waals surface area contributed by atoms with Gasteiger partial charge in [0, 0.05) is 47.3 Å². The Labute approximate surface area is 192 Å². The van der Waals surface area contributed by atoms with Crippen molar-refractivity contribution in [3.05, 3.63) is 66.4 Å². The van der Waals surface area contributed by atoms with Crippen molar-refractivity contribution < 1.29 is 29.1 Å². The topological polar surface area (TPSA) is 91.0 Å². The standard InChI is InChI=1S/C24H28N2O5S/c1-24(2)20-17-19(32-31-30-29)12-13-21(20)26(16-8-4-7-11-23(27)28)22(24)14-15-25-18-9-5-3-6-10-18/h3,5-6,9-10,12-15,17H,4,7-8,11,16H2,1-2H3,(H2,27,28,29)/p+1. The molecule has 0 unspecified atom stereocenters. The van der Waals surface area contributed by atoms with Crippen molar-refractivity contribution in [2.45, 2.75) is 49.8 Å². The zero-order chi connectivity index (χ0) is 23.0. The lowest BCUT2D eigenvalue weighted by Gasteiger charge is -2.16. The average Bonchev–Trinajstić information content (AvgIpc) is 2.99. The molecule has 0 spiro atoms. The molecule has 0 saturated carbocycles. The number of aliphatic carboxylic acids is 1. The molecule has 0 aromatic heterocycles. The summed E-state index contributed by atoms with van der Waals surface area (Å²) >= 11 is 0.946. The molecule has 2 aromatic rings. The number of allylic oxidation sites excluding steroid dienone is 1. The van der Waals surface area contributed by atoms with Gasteiger partial charge < -0.3 is 10.4 Å². The van der Waals surface area contributed by atoms with Crippen molar-refractivity contribution in [1.29, 1.82) is 0 Å². The van der Waals surface area contributed by atoms with E-state index in [9.17, 15) is 4.79 Å². The minimum absolute atomic E-state index is 0.201. The third-order valence-electron chi connectivity index (χ3n) is 5.56. The Morgan fingerprint density at radius 1 is 1.16 bits per heavy atom. The van der Waals surface area contributed by atoms with E-state index in [0.717, 1.165) is 59.0 Å². The van der Waals surface area contributed by atoms with Crippen LogP contribution in [0.2, 0.25) is 0 Å². The van der Waals surface area contributed by atoms with Gasteiger partial charge in [0.05, 0.1) is 17.5 Å². The number of para-hydroxylation sites is 1. The van der Waals surface area contributed by atoms with E-state index in [1.807, 2.05) is 54.7 Å². The van der Waals surface area contributed by atoms with Crippen LogP contribution in [0, 0.1) is 0 Å². The molecule has 0 aliphatic carbocycles. The van der Waals surface area contributed by atoms with Crippen molar-refractivity contribution in [1.82, 2.24) is 0 Å². The molecule has 1 heterocycles. The number of fused-ring (bicyclic) bond motifs is 1. The first-order chi connectivity index (χ1) is 15.4. The van der Waals surface area contributed by atoms with Gasteiger partial charge in [-0.15, -0.1) is 4.33 Å². The average molecular weight is 458 g/mol. The predicted molar refractivity (Wildman–Crippen MR) is 125 cm³/mol. The smallest absolute Gasteiger partial charge is 0.303 e. The Kier molecular flexibility index (Phi) is 8.46. The molecule has 0 bridgehead atoms. The van der Waals surface area contributed by atoms with Crippen LogP contribution < -0.4 is 5.32 Å². The van der Waals surface area contributed by atoms with E-state index < -0.39 is 5.97 Å². The Bertz CT molecular complexity index is 989. The number of unbranched alkanes of at least 4 members (excludes halogenated alkanes) is 2. The second kappa shape index (κ2) is 11.3. The molecule has 170 valence electrons. The highest BCUT2D eigenvalue weighted by atomic mass is 32.2. The summed E-state index contributed by atoms with van der Waals surface area (Å²) in [5.74, 6) is -0.751. The molecule has 8 heteroatoms. The van der Waals surface area contributed by atoms with E-state index in [4.69, 9.17) is 10.4 Å². The van der Waals surface area contributed by atoms with E-state index >= 15 is 0 Å². The summed E-state index contributed by atoms with van der Waals surface area (Å²) in [5.41, 5.74) is 4.16. The largest absolute Gasteiger partial charge is 0.481 e. The van der Waals surface area contributed by atoms with E-state index in [1.54, 1.807) is 0 Å². The number of carboxylic acid groups (broad SMARTS) is 1.